The van der Waals surface area contributed by atoms with Crippen LogP contribution in [0.5, 0.6) is 5.75 Å². The highest BCUT2D eigenvalue weighted by molar-refractivity contribution is 6.10. The summed E-state index contributed by atoms with van der Waals surface area (Å²) in [5, 5.41) is 0. The van der Waals surface area contributed by atoms with E-state index in [1.54, 1.807) is 31.4 Å². The highest BCUT2D eigenvalue weighted by atomic mass is 16.5. The maximum Gasteiger partial charge on any atom is 0.193 e. The molecule has 4 aromatic carbocycles. The molecule has 0 aliphatic carbocycles. The van der Waals surface area contributed by atoms with Crippen LogP contribution in [0.2, 0.25) is 0 Å². The standard InChI is InChI=1S/C28H22O3/c1-19-3-5-22(6-4-19)27(29)23-11-7-20(8-12-23)21-9-13-24(14-10-21)28(30)25-15-17-26(31-2)18-16-25/h3-18H,1-2H3. The van der Waals surface area contributed by atoms with Gasteiger partial charge in [0.25, 0.3) is 0 Å². The van der Waals surface area contributed by atoms with Gasteiger partial charge in [0.1, 0.15) is 5.75 Å². The van der Waals surface area contributed by atoms with E-state index in [1.807, 2.05) is 79.7 Å². The molecule has 0 aliphatic rings. The van der Waals surface area contributed by atoms with E-state index < -0.39 is 0 Å². The number of ketones is 2. The van der Waals surface area contributed by atoms with E-state index >= 15 is 0 Å². The topological polar surface area (TPSA) is 43.4 Å². The highest BCUT2D eigenvalue weighted by Gasteiger charge is 2.11. The van der Waals surface area contributed by atoms with Crippen LogP contribution in [0, 0.1) is 6.92 Å². The zero-order valence-electron chi connectivity index (χ0n) is 17.5. The van der Waals surface area contributed by atoms with Crippen LogP contribution in [0.25, 0.3) is 11.1 Å². The first kappa shape index (κ1) is 20.3. The molecule has 0 spiro atoms. The largest absolute Gasteiger partial charge is 0.497 e. The third-order valence-corrected chi connectivity index (χ3v) is 5.29. The van der Waals surface area contributed by atoms with Crippen molar-refractivity contribution in [3.8, 4) is 16.9 Å². The van der Waals surface area contributed by atoms with Crippen LogP contribution in [0.15, 0.2) is 97.1 Å². The van der Waals surface area contributed by atoms with Crippen molar-refractivity contribution in [1.82, 2.24) is 0 Å². The average molecular weight is 406 g/mol. The minimum Gasteiger partial charge on any atom is -0.497 e. The lowest BCUT2D eigenvalue weighted by molar-refractivity contribution is 0.103. The maximum absolute atomic E-state index is 12.7. The number of carbonyl (C=O) groups excluding carboxylic acids is 2. The molecule has 0 unspecified atom stereocenters. The fraction of sp³-hybridized carbons (Fsp3) is 0.0714. The zero-order chi connectivity index (χ0) is 21.8. The average Bonchev–Trinajstić information content (AvgIpc) is 2.84. The number of hydrogen-bond acceptors (Lipinski definition) is 3. The molecule has 152 valence electrons. The van der Waals surface area contributed by atoms with Gasteiger partial charge in [-0.3, -0.25) is 9.59 Å². The van der Waals surface area contributed by atoms with E-state index in [4.69, 9.17) is 4.74 Å². The molecule has 3 nitrogen and oxygen atoms in total. The van der Waals surface area contributed by atoms with Crippen LogP contribution in [-0.4, -0.2) is 18.7 Å². The number of hydrogen-bond donors (Lipinski definition) is 0. The van der Waals surface area contributed by atoms with Crippen LogP contribution < -0.4 is 4.74 Å². The highest BCUT2D eigenvalue weighted by Crippen LogP contribution is 2.23. The van der Waals surface area contributed by atoms with Crippen molar-refractivity contribution in [1.29, 1.82) is 0 Å². The summed E-state index contributed by atoms with van der Waals surface area (Å²) in [6.07, 6.45) is 0. The van der Waals surface area contributed by atoms with Crippen LogP contribution in [-0.2, 0) is 0 Å². The van der Waals surface area contributed by atoms with Crippen molar-refractivity contribution in [2.45, 2.75) is 6.92 Å². The molecule has 31 heavy (non-hydrogen) atoms. The smallest absolute Gasteiger partial charge is 0.193 e. The molecule has 0 heterocycles. The van der Waals surface area contributed by atoms with Gasteiger partial charge in [0, 0.05) is 22.3 Å². The van der Waals surface area contributed by atoms with E-state index in [9.17, 15) is 9.59 Å². The molecule has 4 rings (SSSR count). The van der Waals surface area contributed by atoms with Crippen LogP contribution in [0.4, 0.5) is 0 Å². The molecule has 0 saturated carbocycles. The number of carbonyl (C=O) groups is 2. The van der Waals surface area contributed by atoms with Crippen LogP contribution in [0.3, 0.4) is 0 Å². The second-order valence-corrected chi connectivity index (χ2v) is 7.41. The minimum absolute atomic E-state index is 0.00647. The molecule has 0 saturated heterocycles. The molecule has 0 amide bonds. The molecule has 0 N–H and O–H groups in total. The molecule has 0 aliphatic heterocycles. The molecular weight excluding hydrogens is 384 g/mol. The Hall–Kier alpha value is -3.98. The predicted octanol–water partition coefficient (Wildman–Crippen LogP) is 6.13. The number of aryl methyl sites for hydroxylation is 1. The van der Waals surface area contributed by atoms with E-state index in [-0.39, 0.29) is 11.6 Å². The lowest BCUT2D eigenvalue weighted by Gasteiger charge is -2.07. The van der Waals surface area contributed by atoms with Crippen molar-refractivity contribution < 1.29 is 14.3 Å². The number of rotatable bonds is 6. The predicted molar refractivity (Wildman–Crippen MR) is 123 cm³/mol. The lowest BCUT2D eigenvalue weighted by Crippen LogP contribution is -2.01. The second-order valence-electron chi connectivity index (χ2n) is 7.41. The van der Waals surface area contributed by atoms with Gasteiger partial charge in [0.2, 0.25) is 0 Å². The van der Waals surface area contributed by atoms with Gasteiger partial charge in [0.05, 0.1) is 7.11 Å². The summed E-state index contributed by atoms with van der Waals surface area (Å²) in [6, 6.07) is 29.7. The van der Waals surface area contributed by atoms with Gasteiger partial charge in [0.15, 0.2) is 11.6 Å². The first-order valence-corrected chi connectivity index (χ1v) is 10.1. The third-order valence-electron chi connectivity index (χ3n) is 5.29. The number of methoxy groups -OCH3 is 1. The Morgan fingerprint density at radius 1 is 0.516 bits per heavy atom. The summed E-state index contributed by atoms with van der Waals surface area (Å²) in [6.45, 7) is 2.00. The van der Waals surface area contributed by atoms with E-state index in [0.29, 0.717) is 22.3 Å². The summed E-state index contributed by atoms with van der Waals surface area (Å²) >= 11 is 0. The fourth-order valence-corrected chi connectivity index (χ4v) is 3.41. The van der Waals surface area contributed by atoms with Gasteiger partial charge < -0.3 is 4.74 Å². The summed E-state index contributed by atoms with van der Waals surface area (Å²) in [7, 11) is 1.60. The number of ether oxygens (including phenoxy) is 1. The Kier molecular flexibility index (Phi) is 5.76. The van der Waals surface area contributed by atoms with Gasteiger partial charge >= 0.3 is 0 Å². The monoisotopic (exact) mass is 406 g/mol. The van der Waals surface area contributed by atoms with Crippen molar-refractivity contribution in [2.24, 2.45) is 0 Å². The van der Waals surface area contributed by atoms with E-state index in [2.05, 4.69) is 0 Å². The molecule has 4 aromatic rings. The van der Waals surface area contributed by atoms with E-state index in [1.165, 1.54) is 0 Å². The van der Waals surface area contributed by atoms with Gasteiger partial charge in [-0.1, -0.05) is 78.4 Å². The number of benzene rings is 4. The van der Waals surface area contributed by atoms with Crippen molar-refractivity contribution >= 4 is 11.6 Å². The Labute approximate surface area is 181 Å². The second kappa shape index (κ2) is 8.80. The van der Waals surface area contributed by atoms with Gasteiger partial charge in [-0.2, -0.15) is 0 Å². The summed E-state index contributed by atoms with van der Waals surface area (Å²) in [4.78, 5) is 25.3. The molecule has 0 atom stereocenters. The Bertz CT molecular complexity index is 1200. The molecule has 0 fully saturated rings. The Morgan fingerprint density at radius 3 is 1.19 bits per heavy atom. The van der Waals surface area contributed by atoms with Crippen molar-refractivity contribution in [3.63, 3.8) is 0 Å². The maximum atomic E-state index is 12.7. The van der Waals surface area contributed by atoms with Crippen LogP contribution >= 0.6 is 0 Å². The van der Waals surface area contributed by atoms with Gasteiger partial charge in [-0.05, 0) is 42.3 Å². The summed E-state index contributed by atoms with van der Waals surface area (Å²) in [5.41, 5.74) is 5.68. The quantitative estimate of drug-likeness (QED) is 0.362. The molecule has 0 aromatic heterocycles. The van der Waals surface area contributed by atoms with E-state index in [0.717, 1.165) is 22.4 Å². The van der Waals surface area contributed by atoms with Crippen LogP contribution in [0.1, 0.15) is 37.4 Å². The molecule has 3 heteroatoms. The first-order valence-electron chi connectivity index (χ1n) is 10.1. The molecule has 0 radical (unpaired) electrons. The fourth-order valence-electron chi connectivity index (χ4n) is 3.41. The minimum atomic E-state index is -0.0340. The van der Waals surface area contributed by atoms with Gasteiger partial charge in [-0.15, -0.1) is 0 Å². The van der Waals surface area contributed by atoms with Crippen molar-refractivity contribution in [2.75, 3.05) is 7.11 Å². The lowest BCUT2D eigenvalue weighted by atomic mass is 9.97. The van der Waals surface area contributed by atoms with Gasteiger partial charge in [-0.25, -0.2) is 0 Å². The molecular formula is C28H22O3. The normalized spacial score (nSPS) is 10.5. The Morgan fingerprint density at radius 2 is 0.839 bits per heavy atom. The summed E-state index contributed by atoms with van der Waals surface area (Å²) < 4.78 is 5.14. The zero-order valence-corrected chi connectivity index (χ0v) is 17.5. The van der Waals surface area contributed by atoms with Crippen molar-refractivity contribution in [3.05, 3.63) is 125 Å². The SMILES string of the molecule is COc1ccc(C(=O)c2ccc(-c3ccc(C(=O)c4ccc(C)cc4)cc3)cc2)cc1. The third kappa shape index (κ3) is 4.46. The first-order chi connectivity index (χ1) is 15.0. The molecule has 0 bridgehead atoms. The Balaban J connectivity index is 1.50. The summed E-state index contributed by atoms with van der Waals surface area (Å²) in [5.74, 6) is 0.691.